The van der Waals surface area contributed by atoms with Crippen LogP contribution >= 0.6 is 0 Å². The van der Waals surface area contributed by atoms with Crippen molar-refractivity contribution in [3.8, 4) is 0 Å². The zero-order valence-corrected chi connectivity index (χ0v) is 9.64. The van der Waals surface area contributed by atoms with E-state index in [9.17, 15) is 9.59 Å². The van der Waals surface area contributed by atoms with Crippen LogP contribution in [0.3, 0.4) is 0 Å². The summed E-state index contributed by atoms with van der Waals surface area (Å²) in [4.78, 5) is 20.3. The third-order valence-corrected chi connectivity index (χ3v) is 2.16. The number of nitrogens with one attached hydrogen (secondary N) is 1. The van der Waals surface area contributed by atoms with Crippen LogP contribution in [0, 0.1) is 0 Å². The highest BCUT2D eigenvalue weighted by atomic mass is 16.5. The Balaban J connectivity index is 2.83. The molecule has 5 heteroatoms. The van der Waals surface area contributed by atoms with E-state index in [4.69, 9.17) is 4.74 Å². The quantitative estimate of drug-likeness (QED) is 0.693. The van der Waals surface area contributed by atoms with Crippen molar-refractivity contribution in [1.82, 2.24) is 0 Å². The molecule has 0 unspecified atom stereocenters. The Morgan fingerprint density at radius 1 is 1.18 bits per heavy atom. The van der Waals surface area contributed by atoms with Gasteiger partial charge in [-0.05, 0) is 24.6 Å². The van der Waals surface area contributed by atoms with Gasteiger partial charge in [-0.25, -0.2) is 0 Å². The number of hydrogen-bond acceptors (Lipinski definition) is 5. The average Bonchev–Trinajstić information content (AvgIpc) is 2.36. The van der Waals surface area contributed by atoms with Crippen LogP contribution in [0.4, 0.5) is 5.69 Å². The summed E-state index contributed by atoms with van der Waals surface area (Å²) in [6, 6.07) is 5.56. The normalized spacial score (nSPS) is 9.47. The second-order valence-corrected chi connectivity index (χ2v) is 3.34. The Morgan fingerprint density at radius 3 is 2.53 bits per heavy atom. The number of ether oxygens (including phenoxy) is 2. The molecule has 0 aliphatic rings. The van der Waals surface area contributed by atoms with Crippen molar-refractivity contribution in [2.75, 3.05) is 11.9 Å². The molecule has 1 aromatic carbocycles. The van der Waals surface area contributed by atoms with Crippen molar-refractivity contribution in [3.05, 3.63) is 29.3 Å². The SMILES string of the molecule is CCNc1ccc(COC=O)cc1COC=O. The lowest BCUT2D eigenvalue weighted by Gasteiger charge is -2.11. The average molecular weight is 237 g/mol. The van der Waals surface area contributed by atoms with Gasteiger partial charge in [-0.15, -0.1) is 0 Å². The van der Waals surface area contributed by atoms with Gasteiger partial charge in [0, 0.05) is 17.8 Å². The van der Waals surface area contributed by atoms with Crippen molar-refractivity contribution >= 4 is 18.6 Å². The molecule has 0 spiro atoms. The van der Waals surface area contributed by atoms with E-state index in [-0.39, 0.29) is 13.2 Å². The fourth-order valence-corrected chi connectivity index (χ4v) is 1.47. The highest BCUT2D eigenvalue weighted by Crippen LogP contribution is 2.19. The molecule has 0 atom stereocenters. The summed E-state index contributed by atoms with van der Waals surface area (Å²) in [7, 11) is 0. The van der Waals surface area contributed by atoms with Crippen LogP contribution in [0.25, 0.3) is 0 Å². The third kappa shape index (κ3) is 4.14. The maximum absolute atomic E-state index is 10.2. The predicted molar refractivity (Wildman–Crippen MR) is 62.3 cm³/mol. The molecule has 0 fully saturated rings. The lowest BCUT2D eigenvalue weighted by Crippen LogP contribution is -2.03. The van der Waals surface area contributed by atoms with Gasteiger partial charge in [0.2, 0.25) is 0 Å². The fourth-order valence-electron chi connectivity index (χ4n) is 1.47. The molecule has 0 aromatic heterocycles. The van der Waals surface area contributed by atoms with Crippen LogP contribution in [0.15, 0.2) is 18.2 Å². The second kappa shape index (κ2) is 7.27. The van der Waals surface area contributed by atoms with Crippen LogP contribution in [0.1, 0.15) is 18.1 Å². The molecule has 0 amide bonds. The predicted octanol–water partition coefficient (Wildman–Crippen LogP) is 1.46. The Labute approximate surface area is 99.7 Å². The molecular weight excluding hydrogens is 222 g/mol. The first-order valence-corrected chi connectivity index (χ1v) is 5.28. The molecule has 0 saturated carbocycles. The van der Waals surface area contributed by atoms with Gasteiger partial charge in [-0.3, -0.25) is 9.59 Å². The Morgan fingerprint density at radius 2 is 1.88 bits per heavy atom. The second-order valence-electron chi connectivity index (χ2n) is 3.34. The maximum Gasteiger partial charge on any atom is 0.293 e. The topological polar surface area (TPSA) is 64.6 Å². The first-order valence-electron chi connectivity index (χ1n) is 5.28. The Hall–Kier alpha value is -2.04. The van der Waals surface area contributed by atoms with E-state index in [0.717, 1.165) is 23.4 Å². The number of hydrogen-bond donors (Lipinski definition) is 1. The summed E-state index contributed by atoms with van der Waals surface area (Å²) in [5, 5.41) is 3.16. The van der Waals surface area contributed by atoms with Gasteiger partial charge in [0.05, 0.1) is 0 Å². The minimum absolute atomic E-state index is 0.195. The van der Waals surface area contributed by atoms with E-state index in [1.165, 1.54) is 0 Å². The first-order chi connectivity index (χ1) is 8.31. The summed E-state index contributed by atoms with van der Waals surface area (Å²) in [6.45, 7) is 3.97. The molecule has 0 aliphatic carbocycles. The van der Waals surface area contributed by atoms with Crippen LogP contribution in [0.5, 0.6) is 0 Å². The molecule has 1 rings (SSSR count). The van der Waals surface area contributed by atoms with Crippen LogP contribution in [-0.4, -0.2) is 19.5 Å². The standard InChI is InChI=1S/C12H15NO4/c1-2-13-12-4-3-10(6-16-8-14)5-11(12)7-17-9-15/h3-5,8-9,13H,2,6-7H2,1H3. The van der Waals surface area contributed by atoms with Gasteiger partial charge in [0.15, 0.2) is 0 Å². The van der Waals surface area contributed by atoms with E-state index in [1.54, 1.807) is 0 Å². The first kappa shape index (κ1) is 13.0. The van der Waals surface area contributed by atoms with Crippen LogP contribution < -0.4 is 5.32 Å². The lowest BCUT2D eigenvalue weighted by molar-refractivity contribution is -0.130. The molecule has 0 saturated heterocycles. The molecule has 1 aromatic rings. The number of benzene rings is 1. The summed E-state index contributed by atoms with van der Waals surface area (Å²) in [5.74, 6) is 0. The zero-order valence-electron chi connectivity index (χ0n) is 9.64. The summed E-state index contributed by atoms with van der Waals surface area (Å²) < 4.78 is 9.40. The van der Waals surface area contributed by atoms with E-state index < -0.39 is 0 Å². The van der Waals surface area contributed by atoms with Crippen molar-refractivity contribution < 1.29 is 19.1 Å². The van der Waals surface area contributed by atoms with E-state index in [2.05, 4.69) is 10.1 Å². The number of anilines is 1. The highest BCUT2D eigenvalue weighted by Gasteiger charge is 2.04. The molecule has 5 nitrogen and oxygen atoms in total. The number of carbonyl (C=O) groups is 2. The van der Waals surface area contributed by atoms with Crippen molar-refractivity contribution in [3.63, 3.8) is 0 Å². The van der Waals surface area contributed by atoms with Gasteiger partial charge in [0.25, 0.3) is 12.9 Å². The van der Waals surface area contributed by atoms with Crippen molar-refractivity contribution in [2.45, 2.75) is 20.1 Å². The molecule has 0 heterocycles. The molecule has 17 heavy (non-hydrogen) atoms. The third-order valence-electron chi connectivity index (χ3n) is 2.16. The highest BCUT2D eigenvalue weighted by molar-refractivity contribution is 5.53. The summed E-state index contributed by atoms with van der Waals surface area (Å²) in [5.41, 5.74) is 2.61. The van der Waals surface area contributed by atoms with Gasteiger partial charge in [-0.1, -0.05) is 6.07 Å². The molecule has 1 N–H and O–H groups in total. The van der Waals surface area contributed by atoms with E-state index >= 15 is 0 Å². The lowest BCUT2D eigenvalue weighted by atomic mass is 10.1. The molecular formula is C12H15NO4. The van der Waals surface area contributed by atoms with Crippen LogP contribution in [-0.2, 0) is 32.3 Å². The fraction of sp³-hybridized carbons (Fsp3) is 0.333. The van der Waals surface area contributed by atoms with Crippen molar-refractivity contribution in [1.29, 1.82) is 0 Å². The smallest absolute Gasteiger partial charge is 0.293 e. The molecule has 0 bridgehead atoms. The van der Waals surface area contributed by atoms with Gasteiger partial charge >= 0.3 is 0 Å². The molecule has 0 radical (unpaired) electrons. The largest absolute Gasteiger partial charge is 0.463 e. The van der Waals surface area contributed by atoms with E-state index in [1.807, 2.05) is 25.1 Å². The molecule has 0 aliphatic heterocycles. The number of carbonyl (C=O) groups excluding carboxylic acids is 2. The molecule has 92 valence electrons. The Bertz CT molecular complexity index is 379. The van der Waals surface area contributed by atoms with Gasteiger partial charge in [-0.2, -0.15) is 0 Å². The minimum atomic E-state index is 0.195. The van der Waals surface area contributed by atoms with E-state index in [0.29, 0.717) is 12.9 Å². The summed E-state index contributed by atoms with van der Waals surface area (Å²) >= 11 is 0. The van der Waals surface area contributed by atoms with Gasteiger partial charge in [0.1, 0.15) is 13.2 Å². The minimum Gasteiger partial charge on any atom is -0.463 e. The summed E-state index contributed by atoms with van der Waals surface area (Å²) in [6.07, 6.45) is 0. The zero-order chi connectivity index (χ0) is 12.5. The van der Waals surface area contributed by atoms with Crippen LogP contribution in [0.2, 0.25) is 0 Å². The van der Waals surface area contributed by atoms with Gasteiger partial charge < -0.3 is 14.8 Å². The Kier molecular flexibility index (Phi) is 5.57. The monoisotopic (exact) mass is 237 g/mol. The number of rotatable bonds is 8. The van der Waals surface area contributed by atoms with Crippen molar-refractivity contribution in [2.24, 2.45) is 0 Å². The maximum atomic E-state index is 10.2.